The van der Waals surface area contributed by atoms with Gasteiger partial charge in [0, 0.05) is 20.2 Å². The van der Waals surface area contributed by atoms with Gasteiger partial charge in [-0.3, -0.25) is 0 Å². The van der Waals surface area contributed by atoms with Crippen molar-refractivity contribution in [3.63, 3.8) is 0 Å². The zero-order valence-corrected chi connectivity index (χ0v) is 11.8. The molecular weight excluding hydrogens is 248 g/mol. The second kappa shape index (κ2) is 3.82. The summed E-state index contributed by atoms with van der Waals surface area (Å²) < 4.78 is 2.86. The Hall–Kier alpha value is -1.86. The number of benzene rings is 3. The van der Waals surface area contributed by atoms with Gasteiger partial charge in [-0.1, -0.05) is 42.5 Å². The maximum atomic E-state index is 2.31. The summed E-state index contributed by atoms with van der Waals surface area (Å²) in [6, 6.07) is 17.6. The second-order valence-electron chi connectivity index (χ2n) is 5.17. The van der Waals surface area contributed by atoms with Crippen LogP contribution in [0.25, 0.3) is 30.9 Å². The molecule has 3 aromatic carbocycles. The molecule has 92 valence electrons. The van der Waals surface area contributed by atoms with Crippen molar-refractivity contribution < 1.29 is 0 Å². The molecule has 1 aromatic heterocycles. The Morgan fingerprint density at radius 2 is 1.53 bits per heavy atom. The van der Waals surface area contributed by atoms with Crippen molar-refractivity contribution in [1.82, 2.24) is 0 Å². The van der Waals surface area contributed by atoms with Gasteiger partial charge in [-0.25, -0.2) is 0 Å². The molecule has 0 saturated carbocycles. The number of hydrogen-bond acceptors (Lipinski definition) is 1. The summed E-state index contributed by atoms with van der Waals surface area (Å²) in [6.45, 7) is 4.43. The number of fused-ring (bicyclic) bond motifs is 5. The van der Waals surface area contributed by atoms with E-state index in [0.29, 0.717) is 0 Å². The highest BCUT2D eigenvalue weighted by Gasteiger charge is 2.11. The summed E-state index contributed by atoms with van der Waals surface area (Å²) in [5.41, 5.74) is 2.76. The third-order valence-electron chi connectivity index (χ3n) is 3.87. The normalized spacial score (nSPS) is 11.7. The molecule has 0 amide bonds. The Balaban J connectivity index is 2.40. The maximum absolute atomic E-state index is 2.31. The van der Waals surface area contributed by atoms with E-state index in [-0.39, 0.29) is 0 Å². The van der Waals surface area contributed by atoms with E-state index >= 15 is 0 Å². The molecule has 0 radical (unpaired) electrons. The molecule has 0 N–H and O–H groups in total. The lowest BCUT2D eigenvalue weighted by Gasteiger charge is -2.03. The molecular formula is C18H14S. The van der Waals surface area contributed by atoms with Crippen LogP contribution in [0.4, 0.5) is 0 Å². The van der Waals surface area contributed by atoms with Crippen molar-refractivity contribution >= 4 is 42.3 Å². The van der Waals surface area contributed by atoms with Gasteiger partial charge in [0.15, 0.2) is 0 Å². The first-order valence-corrected chi connectivity index (χ1v) is 7.37. The van der Waals surface area contributed by atoms with E-state index in [2.05, 4.69) is 62.4 Å². The van der Waals surface area contributed by atoms with Gasteiger partial charge in [0.05, 0.1) is 0 Å². The largest absolute Gasteiger partial charge is 0.135 e. The average Bonchev–Trinajstić information content (AvgIpc) is 2.81. The molecule has 0 aliphatic heterocycles. The number of aryl methyl sites for hydroxylation is 2. The van der Waals surface area contributed by atoms with Crippen LogP contribution in [0.3, 0.4) is 0 Å². The SMILES string of the molecule is Cc1cccc2c1sc1c(C)cc3ccccc3c12. The Morgan fingerprint density at radius 3 is 2.42 bits per heavy atom. The monoisotopic (exact) mass is 262 g/mol. The molecule has 1 heteroatoms. The van der Waals surface area contributed by atoms with Gasteiger partial charge in [0.2, 0.25) is 0 Å². The van der Waals surface area contributed by atoms with Gasteiger partial charge in [0.25, 0.3) is 0 Å². The zero-order chi connectivity index (χ0) is 13.0. The third kappa shape index (κ3) is 1.45. The molecule has 0 nitrogen and oxygen atoms in total. The van der Waals surface area contributed by atoms with E-state index in [9.17, 15) is 0 Å². The van der Waals surface area contributed by atoms with Gasteiger partial charge >= 0.3 is 0 Å². The van der Waals surface area contributed by atoms with E-state index in [1.165, 1.54) is 42.1 Å². The topological polar surface area (TPSA) is 0 Å². The molecule has 4 rings (SSSR count). The summed E-state index contributed by atoms with van der Waals surface area (Å²) in [4.78, 5) is 0. The first-order valence-electron chi connectivity index (χ1n) is 6.56. The van der Waals surface area contributed by atoms with Gasteiger partial charge in [-0.15, -0.1) is 11.3 Å². The molecule has 0 aliphatic rings. The average molecular weight is 262 g/mol. The highest BCUT2D eigenvalue weighted by molar-refractivity contribution is 7.26. The van der Waals surface area contributed by atoms with Crippen LogP contribution in [0.1, 0.15) is 11.1 Å². The summed E-state index contributed by atoms with van der Waals surface area (Å²) in [5.74, 6) is 0. The van der Waals surface area contributed by atoms with Crippen LogP contribution < -0.4 is 0 Å². The van der Waals surface area contributed by atoms with E-state index in [1.807, 2.05) is 11.3 Å². The molecule has 0 atom stereocenters. The van der Waals surface area contributed by atoms with Crippen LogP contribution >= 0.6 is 11.3 Å². The Kier molecular flexibility index (Phi) is 2.21. The maximum Gasteiger partial charge on any atom is 0.0391 e. The highest BCUT2D eigenvalue weighted by Crippen LogP contribution is 2.41. The fourth-order valence-electron chi connectivity index (χ4n) is 2.95. The summed E-state index contributed by atoms with van der Waals surface area (Å²) >= 11 is 1.93. The van der Waals surface area contributed by atoms with Crippen molar-refractivity contribution in [2.24, 2.45) is 0 Å². The van der Waals surface area contributed by atoms with Crippen molar-refractivity contribution in [2.45, 2.75) is 13.8 Å². The third-order valence-corrected chi connectivity index (χ3v) is 5.35. The summed E-state index contributed by atoms with van der Waals surface area (Å²) in [5, 5.41) is 5.55. The van der Waals surface area contributed by atoms with Crippen LogP contribution in [0.5, 0.6) is 0 Å². The summed E-state index contributed by atoms with van der Waals surface area (Å²) in [7, 11) is 0. The van der Waals surface area contributed by atoms with Crippen molar-refractivity contribution in [2.75, 3.05) is 0 Å². The Labute approximate surface area is 116 Å². The predicted molar refractivity (Wildman–Crippen MR) is 86.3 cm³/mol. The molecule has 0 spiro atoms. The van der Waals surface area contributed by atoms with E-state index in [4.69, 9.17) is 0 Å². The van der Waals surface area contributed by atoms with Crippen molar-refractivity contribution in [3.05, 3.63) is 59.7 Å². The van der Waals surface area contributed by atoms with Crippen LogP contribution in [0.2, 0.25) is 0 Å². The molecule has 0 bridgehead atoms. The molecule has 0 saturated heterocycles. The minimum Gasteiger partial charge on any atom is -0.135 e. The van der Waals surface area contributed by atoms with Crippen LogP contribution in [-0.2, 0) is 0 Å². The van der Waals surface area contributed by atoms with Crippen LogP contribution in [-0.4, -0.2) is 0 Å². The lowest BCUT2D eigenvalue weighted by Crippen LogP contribution is -1.78. The van der Waals surface area contributed by atoms with E-state index in [0.717, 1.165) is 0 Å². The predicted octanol–water partition coefficient (Wildman–Crippen LogP) is 5.82. The minimum absolute atomic E-state index is 1.34. The van der Waals surface area contributed by atoms with Crippen molar-refractivity contribution in [3.8, 4) is 0 Å². The number of thiophene rings is 1. The summed E-state index contributed by atoms with van der Waals surface area (Å²) in [6.07, 6.45) is 0. The molecule has 0 aliphatic carbocycles. The molecule has 1 heterocycles. The van der Waals surface area contributed by atoms with Gasteiger partial charge in [-0.2, -0.15) is 0 Å². The van der Waals surface area contributed by atoms with Gasteiger partial charge in [-0.05, 0) is 41.8 Å². The number of rotatable bonds is 0. The molecule has 0 unspecified atom stereocenters. The van der Waals surface area contributed by atoms with Crippen LogP contribution in [0.15, 0.2) is 48.5 Å². The fraction of sp³-hybridized carbons (Fsp3) is 0.111. The smallest absolute Gasteiger partial charge is 0.0391 e. The first-order chi connectivity index (χ1) is 9.25. The minimum atomic E-state index is 1.34. The Bertz CT molecular complexity index is 929. The highest BCUT2D eigenvalue weighted by atomic mass is 32.1. The lowest BCUT2D eigenvalue weighted by molar-refractivity contribution is 1.56. The zero-order valence-electron chi connectivity index (χ0n) is 11.0. The number of hydrogen-bond donors (Lipinski definition) is 0. The van der Waals surface area contributed by atoms with Gasteiger partial charge < -0.3 is 0 Å². The quantitative estimate of drug-likeness (QED) is 0.374. The molecule has 19 heavy (non-hydrogen) atoms. The molecule has 0 fully saturated rings. The first kappa shape index (κ1) is 11.0. The second-order valence-corrected chi connectivity index (χ2v) is 6.19. The van der Waals surface area contributed by atoms with Crippen molar-refractivity contribution in [1.29, 1.82) is 0 Å². The standard InChI is InChI=1S/C18H14S/c1-11-6-5-9-15-16-14-8-4-3-7-13(14)10-12(2)18(16)19-17(11)15/h3-10H,1-2H3. The molecule has 4 aromatic rings. The Morgan fingerprint density at radius 1 is 0.737 bits per heavy atom. The van der Waals surface area contributed by atoms with E-state index in [1.54, 1.807) is 0 Å². The lowest BCUT2D eigenvalue weighted by atomic mass is 10.0. The fourth-order valence-corrected chi connectivity index (χ4v) is 4.21. The van der Waals surface area contributed by atoms with Crippen LogP contribution in [0, 0.1) is 13.8 Å². The van der Waals surface area contributed by atoms with Gasteiger partial charge in [0.1, 0.15) is 0 Å². The van der Waals surface area contributed by atoms with E-state index < -0.39 is 0 Å².